The van der Waals surface area contributed by atoms with Crippen LogP contribution in [0.15, 0.2) is 42.5 Å². The molecule has 0 heterocycles. The van der Waals surface area contributed by atoms with E-state index in [1.807, 2.05) is 6.07 Å². The van der Waals surface area contributed by atoms with Crippen LogP contribution >= 0.6 is 0 Å². The highest BCUT2D eigenvalue weighted by Gasteiger charge is 2.69. The average Bonchev–Trinajstić information content (AvgIpc) is 3.10. The zero-order valence-corrected chi connectivity index (χ0v) is 32.4. The molecule has 2 amide bonds. The molecule has 2 aromatic rings. The second kappa shape index (κ2) is 13.9. The van der Waals surface area contributed by atoms with Gasteiger partial charge in [-0.1, -0.05) is 73.1 Å². The lowest BCUT2D eigenvalue weighted by Crippen LogP contribution is -2.67. The van der Waals surface area contributed by atoms with E-state index in [1.54, 1.807) is 18.2 Å². The number of carboxylic acid groups (broad SMARTS) is 1. The lowest BCUT2D eigenvalue weighted by molar-refractivity contribution is -0.246. The summed E-state index contributed by atoms with van der Waals surface area (Å²) < 4.78 is 14.4. The number of aliphatic hydroxyl groups excluding tert-OH is 1. The first kappa shape index (κ1) is 38.5. The van der Waals surface area contributed by atoms with E-state index in [4.69, 9.17) is 5.11 Å². The van der Waals surface area contributed by atoms with Crippen molar-refractivity contribution in [1.29, 1.82) is 0 Å². The molecule has 4 N–H and O–H groups in total. The highest BCUT2D eigenvalue weighted by atomic mass is 19.1. The third kappa shape index (κ3) is 6.09. The molecule has 0 aliphatic heterocycles. The SMILES string of the molecule is CCCC1(C(=O)NCc2cccc(C(=O)NCc3ccc(C(=O)O)cc3F)c2)CC[C@]2(C)C(CCC3C4(C)CCC(O)C(C)(C)C4CCC32C)C1C. The Bertz CT molecular complexity index is 1710. The van der Waals surface area contributed by atoms with Crippen LogP contribution in [0.1, 0.15) is 145 Å². The zero-order chi connectivity index (χ0) is 37.9. The predicted octanol–water partition coefficient (Wildman–Crippen LogP) is 8.92. The van der Waals surface area contributed by atoms with Gasteiger partial charge >= 0.3 is 5.97 Å². The van der Waals surface area contributed by atoms with Crippen LogP contribution in [0.2, 0.25) is 0 Å². The number of aliphatic hydroxyl groups is 1. The van der Waals surface area contributed by atoms with Crippen LogP contribution < -0.4 is 10.6 Å². The minimum atomic E-state index is -1.21. The van der Waals surface area contributed by atoms with Gasteiger partial charge in [-0.3, -0.25) is 9.59 Å². The first-order valence-corrected chi connectivity index (χ1v) is 19.8. The molecule has 6 rings (SSSR count). The fourth-order valence-corrected chi connectivity index (χ4v) is 12.8. The molecular weight excluding hydrogens is 655 g/mol. The van der Waals surface area contributed by atoms with Crippen molar-refractivity contribution in [2.24, 2.45) is 50.7 Å². The van der Waals surface area contributed by atoms with Crippen LogP contribution in [-0.4, -0.2) is 34.1 Å². The van der Waals surface area contributed by atoms with Gasteiger partial charge in [-0.25, -0.2) is 9.18 Å². The second-order valence-electron chi connectivity index (χ2n) is 18.4. The Kier molecular flexibility index (Phi) is 10.3. The standard InChI is InChI=1S/C44H61FN2O5/c1-8-18-44(39(52)47-25-28-10-9-11-29(23-28)37(49)46-26-31-13-12-30(38(50)51)24-33(31)45)22-21-42(6)32(27(44)2)14-15-35-41(5)19-17-36(48)40(3,4)34(41)16-20-43(35,42)7/h9-13,23-24,27,32,34-36,48H,8,14-22,25-26H2,1-7H3,(H,46,49)(H,47,52)(H,50,51)/t27?,32?,34?,35?,36?,41?,42-,43?,44?/m1/s1. The molecule has 4 fully saturated rings. The number of halogens is 1. The van der Waals surface area contributed by atoms with Gasteiger partial charge in [-0.15, -0.1) is 0 Å². The van der Waals surface area contributed by atoms with Crippen LogP contribution in [0.4, 0.5) is 4.39 Å². The first-order valence-electron chi connectivity index (χ1n) is 19.8. The summed E-state index contributed by atoms with van der Waals surface area (Å²) in [7, 11) is 0. The second-order valence-corrected chi connectivity index (χ2v) is 18.4. The van der Waals surface area contributed by atoms with Gasteiger partial charge in [0.25, 0.3) is 5.91 Å². The van der Waals surface area contributed by atoms with Crippen molar-refractivity contribution in [2.45, 2.75) is 132 Å². The molecule has 9 atom stereocenters. The normalized spacial score (nSPS) is 36.4. The number of carbonyl (C=O) groups excluding carboxylic acids is 2. The van der Waals surface area contributed by atoms with Crippen molar-refractivity contribution in [1.82, 2.24) is 10.6 Å². The Labute approximate surface area is 309 Å². The quantitative estimate of drug-likeness (QED) is 0.207. The van der Waals surface area contributed by atoms with Crippen LogP contribution in [0, 0.1) is 56.6 Å². The molecule has 8 heteroatoms. The van der Waals surface area contributed by atoms with Crippen molar-refractivity contribution in [3.8, 4) is 0 Å². The first-order chi connectivity index (χ1) is 24.4. The number of hydrogen-bond donors (Lipinski definition) is 4. The summed E-state index contributed by atoms with van der Waals surface area (Å²) in [6.07, 6.45) is 10.2. The predicted molar refractivity (Wildman–Crippen MR) is 201 cm³/mol. The van der Waals surface area contributed by atoms with Crippen LogP contribution in [0.5, 0.6) is 0 Å². The molecule has 0 aromatic heterocycles. The minimum absolute atomic E-state index is 0.0687. The molecule has 0 bridgehead atoms. The van der Waals surface area contributed by atoms with Gasteiger partial charge in [0.2, 0.25) is 5.91 Å². The van der Waals surface area contributed by atoms with Gasteiger partial charge in [0.1, 0.15) is 5.82 Å². The molecule has 4 aliphatic rings. The van der Waals surface area contributed by atoms with Gasteiger partial charge in [0.05, 0.1) is 17.1 Å². The Balaban J connectivity index is 1.14. The van der Waals surface area contributed by atoms with Crippen molar-refractivity contribution in [2.75, 3.05) is 0 Å². The lowest BCUT2D eigenvalue weighted by atomic mass is 9.32. The highest BCUT2D eigenvalue weighted by molar-refractivity contribution is 5.94. The zero-order valence-electron chi connectivity index (χ0n) is 32.4. The van der Waals surface area contributed by atoms with Crippen molar-refractivity contribution >= 4 is 17.8 Å². The van der Waals surface area contributed by atoms with E-state index in [-0.39, 0.29) is 63.2 Å². The summed E-state index contributed by atoms with van der Waals surface area (Å²) in [4.78, 5) is 38.6. The molecule has 0 radical (unpaired) electrons. The number of aromatic carboxylic acids is 1. The highest BCUT2D eigenvalue weighted by Crippen LogP contribution is 2.75. The smallest absolute Gasteiger partial charge is 0.335 e. The number of benzene rings is 2. The number of carbonyl (C=O) groups is 3. The molecule has 4 saturated carbocycles. The molecule has 4 aliphatic carbocycles. The van der Waals surface area contributed by atoms with Crippen LogP contribution in [0.3, 0.4) is 0 Å². The number of nitrogens with one attached hydrogen (secondary N) is 2. The molecule has 284 valence electrons. The van der Waals surface area contributed by atoms with Crippen molar-refractivity contribution in [3.05, 3.63) is 70.5 Å². The molecule has 8 unspecified atom stereocenters. The van der Waals surface area contributed by atoms with E-state index < -0.39 is 17.2 Å². The Morgan fingerprint density at radius 1 is 0.827 bits per heavy atom. The largest absolute Gasteiger partial charge is 0.478 e. The van der Waals surface area contributed by atoms with Gasteiger partial charge in [-0.05, 0) is 133 Å². The summed E-state index contributed by atoms with van der Waals surface area (Å²) in [5.41, 5.74) is 1.31. The minimum Gasteiger partial charge on any atom is -0.478 e. The van der Waals surface area contributed by atoms with Gasteiger partial charge < -0.3 is 20.8 Å². The number of rotatable bonds is 9. The maximum absolute atomic E-state index is 14.5. The maximum Gasteiger partial charge on any atom is 0.335 e. The van der Waals surface area contributed by atoms with Gasteiger partial charge in [0, 0.05) is 24.2 Å². The maximum atomic E-state index is 14.5. The Morgan fingerprint density at radius 3 is 2.27 bits per heavy atom. The van der Waals surface area contributed by atoms with Gasteiger partial charge in [-0.2, -0.15) is 0 Å². The number of amides is 2. The van der Waals surface area contributed by atoms with E-state index >= 15 is 0 Å². The van der Waals surface area contributed by atoms with Crippen LogP contribution in [0.25, 0.3) is 0 Å². The summed E-state index contributed by atoms with van der Waals surface area (Å²) in [6.45, 7) is 17.1. The topological polar surface area (TPSA) is 116 Å². The fraction of sp³-hybridized carbons (Fsp3) is 0.659. The van der Waals surface area contributed by atoms with E-state index in [9.17, 15) is 23.9 Å². The monoisotopic (exact) mass is 716 g/mol. The molecule has 0 spiro atoms. The van der Waals surface area contributed by atoms with E-state index in [0.29, 0.717) is 29.9 Å². The lowest BCUT2D eigenvalue weighted by Gasteiger charge is -2.72. The van der Waals surface area contributed by atoms with Crippen molar-refractivity contribution in [3.63, 3.8) is 0 Å². The molecule has 2 aromatic carbocycles. The average molecular weight is 717 g/mol. The number of carboxylic acids is 1. The Hall–Kier alpha value is -3.26. The summed E-state index contributed by atoms with van der Waals surface area (Å²) >= 11 is 0. The third-order valence-corrected chi connectivity index (χ3v) is 16.0. The summed E-state index contributed by atoms with van der Waals surface area (Å²) in [5.74, 6) is -0.323. The fourth-order valence-electron chi connectivity index (χ4n) is 12.8. The van der Waals surface area contributed by atoms with Gasteiger partial charge in [0.15, 0.2) is 0 Å². The molecular formula is C44H61FN2O5. The van der Waals surface area contributed by atoms with E-state index in [0.717, 1.165) is 56.6 Å². The van der Waals surface area contributed by atoms with E-state index in [1.165, 1.54) is 31.4 Å². The summed E-state index contributed by atoms with van der Waals surface area (Å²) in [5, 5.41) is 26.2. The third-order valence-electron chi connectivity index (χ3n) is 16.0. The summed E-state index contributed by atoms with van der Waals surface area (Å²) in [6, 6.07) is 10.8. The molecule has 52 heavy (non-hydrogen) atoms. The number of hydrogen-bond acceptors (Lipinski definition) is 4. The molecule has 7 nitrogen and oxygen atoms in total. The van der Waals surface area contributed by atoms with Crippen LogP contribution in [-0.2, 0) is 17.9 Å². The Morgan fingerprint density at radius 2 is 1.58 bits per heavy atom. The number of fused-ring (bicyclic) bond motifs is 5. The van der Waals surface area contributed by atoms with E-state index in [2.05, 4.69) is 59.1 Å². The van der Waals surface area contributed by atoms with Crippen molar-refractivity contribution < 1.29 is 29.0 Å². The molecule has 0 saturated heterocycles.